The van der Waals surface area contributed by atoms with Crippen molar-refractivity contribution in [3.63, 3.8) is 0 Å². The van der Waals surface area contributed by atoms with E-state index in [9.17, 15) is 0 Å². The molecule has 2 N–H and O–H groups in total. The highest BCUT2D eigenvalue weighted by atomic mass is 28.4. The molecule has 0 saturated heterocycles. The third kappa shape index (κ3) is 7.48. The zero-order chi connectivity index (χ0) is 13.9. The fourth-order valence-electron chi connectivity index (χ4n) is 1.58. The first kappa shape index (κ1) is 18.1. The highest BCUT2D eigenvalue weighted by Crippen LogP contribution is 2.22. The predicted molar refractivity (Wildman–Crippen MR) is 77.5 cm³/mol. The van der Waals surface area contributed by atoms with Gasteiger partial charge in [-0.2, -0.15) is 0 Å². The Labute approximate surface area is 114 Å². The van der Waals surface area contributed by atoms with Crippen LogP contribution in [0.2, 0.25) is 6.04 Å². The van der Waals surface area contributed by atoms with Crippen molar-refractivity contribution in [2.24, 2.45) is 11.7 Å². The molecule has 110 valence electrons. The molecule has 18 heavy (non-hydrogen) atoms. The van der Waals surface area contributed by atoms with Gasteiger partial charge in [0.05, 0.1) is 0 Å². The van der Waals surface area contributed by atoms with Gasteiger partial charge in [0, 0.05) is 25.9 Å². The summed E-state index contributed by atoms with van der Waals surface area (Å²) < 4.78 is 18.0. The molecule has 0 spiro atoms. The highest BCUT2D eigenvalue weighted by molar-refractivity contribution is 6.60. The lowest BCUT2D eigenvalue weighted by molar-refractivity contribution is 0.0560. The SMILES string of the molecule is CCCO[Si](CC(C)CN)(OCCC)OCCC. The van der Waals surface area contributed by atoms with E-state index >= 15 is 0 Å². The van der Waals surface area contributed by atoms with Crippen LogP contribution in [0.5, 0.6) is 0 Å². The molecule has 0 rings (SSSR count). The molecule has 4 nitrogen and oxygen atoms in total. The van der Waals surface area contributed by atoms with Crippen molar-refractivity contribution >= 4 is 8.80 Å². The van der Waals surface area contributed by atoms with Crippen LogP contribution in [0, 0.1) is 5.92 Å². The van der Waals surface area contributed by atoms with Crippen LogP contribution in [0.4, 0.5) is 0 Å². The Bertz CT molecular complexity index is 171. The number of rotatable bonds is 12. The van der Waals surface area contributed by atoms with Gasteiger partial charge in [-0.05, 0) is 31.7 Å². The maximum atomic E-state index is 5.99. The van der Waals surface area contributed by atoms with E-state index in [1.165, 1.54) is 0 Å². The minimum atomic E-state index is -2.52. The topological polar surface area (TPSA) is 53.7 Å². The minimum Gasteiger partial charge on any atom is -0.373 e. The van der Waals surface area contributed by atoms with Gasteiger partial charge in [0.25, 0.3) is 0 Å². The summed E-state index contributed by atoms with van der Waals surface area (Å²) >= 11 is 0. The van der Waals surface area contributed by atoms with E-state index in [4.69, 9.17) is 19.0 Å². The van der Waals surface area contributed by atoms with Crippen molar-refractivity contribution in [2.45, 2.75) is 53.0 Å². The summed E-state index contributed by atoms with van der Waals surface area (Å²) in [6.07, 6.45) is 2.95. The number of nitrogens with two attached hydrogens (primary N) is 1. The van der Waals surface area contributed by atoms with Crippen LogP contribution in [-0.4, -0.2) is 35.2 Å². The Morgan fingerprint density at radius 3 is 1.56 bits per heavy atom. The summed E-state index contributed by atoms with van der Waals surface area (Å²) in [5, 5.41) is 0. The van der Waals surface area contributed by atoms with E-state index in [0.29, 0.717) is 32.3 Å². The van der Waals surface area contributed by atoms with E-state index in [1.54, 1.807) is 0 Å². The molecule has 0 radical (unpaired) electrons. The summed E-state index contributed by atoms with van der Waals surface area (Å²) in [6, 6.07) is 0.823. The van der Waals surface area contributed by atoms with Crippen molar-refractivity contribution in [2.75, 3.05) is 26.4 Å². The lowest BCUT2D eigenvalue weighted by Gasteiger charge is -2.31. The molecule has 0 fully saturated rings. The van der Waals surface area contributed by atoms with Crippen molar-refractivity contribution in [3.05, 3.63) is 0 Å². The second kappa shape index (κ2) is 10.9. The zero-order valence-electron chi connectivity index (χ0n) is 12.5. The Balaban J connectivity index is 4.61. The third-order valence-electron chi connectivity index (χ3n) is 2.58. The number of hydrogen-bond donors (Lipinski definition) is 1. The first-order valence-corrected chi connectivity index (χ1v) is 9.19. The van der Waals surface area contributed by atoms with Crippen LogP contribution < -0.4 is 5.73 Å². The third-order valence-corrected chi connectivity index (χ3v) is 5.71. The molecular formula is C13H31NO3Si. The number of hydrogen-bond acceptors (Lipinski definition) is 4. The molecule has 0 aromatic rings. The Hall–Kier alpha value is 0.0569. The second-order valence-electron chi connectivity index (χ2n) is 4.77. The molecule has 0 amide bonds. The summed E-state index contributed by atoms with van der Waals surface area (Å²) in [5.74, 6) is 0.377. The monoisotopic (exact) mass is 277 g/mol. The Morgan fingerprint density at radius 1 is 0.889 bits per heavy atom. The van der Waals surface area contributed by atoms with E-state index in [-0.39, 0.29) is 0 Å². The Kier molecular flexibility index (Phi) is 11.0. The summed E-state index contributed by atoms with van der Waals surface area (Å²) in [7, 11) is -2.52. The average Bonchev–Trinajstić information content (AvgIpc) is 2.40. The van der Waals surface area contributed by atoms with Crippen molar-refractivity contribution in [3.8, 4) is 0 Å². The van der Waals surface area contributed by atoms with Crippen LogP contribution in [0.15, 0.2) is 0 Å². The molecule has 1 atom stereocenters. The van der Waals surface area contributed by atoms with Gasteiger partial charge >= 0.3 is 8.80 Å². The van der Waals surface area contributed by atoms with E-state index < -0.39 is 8.80 Å². The van der Waals surface area contributed by atoms with Crippen LogP contribution in [0.3, 0.4) is 0 Å². The molecule has 0 heterocycles. The molecule has 0 aliphatic heterocycles. The molecule has 0 aromatic heterocycles. The van der Waals surface area contributed by atoms with Gasteiger partial charge in [-0.3, -0.25) is 0 Å². The summed E-state index contributed by atoms with van der Waals surface area (Å²) in [5.41, 5.74) is 5.72. The molecule has 0 aromatic carbocycles. The van der Waals surface area contributed by atoms with Crippen LogP contribution >= 0.6 is 0 Å². The average molecular weight is 277 g/mol. The molecule has 5 heteroatoms. The first-order valence-electron chi connectivity index (χ1n) is 7.26. The lowest BCUT2D eigenvalue weighted by Crippen LogP contribution is -2.48. The van der Waals surface area contributed by atoms with Gasteiger partial charge in [0.15, 0.2) is 0 Å². The smallest absolute Gasteiger partial charge is 0.373 e. The van der Waals surface area contributed by atoms with Gasteiger partial charge in [0.1, 0.15) is 0 Å². The fraction of sp³-hybridized carbons (Fsp3) is 1.00. The van der Waals surface area contributed by atoms with Crippen LogP contribution in [0.25, 0.3) is 0 Å². The normalized spacial score (nSPS) is 13.8. The van der Waals surface area contributed by atoms with Gasteiger partial charge in [-0.1, -0.05) is 27.7 Å². The van der Waals surface area contributed by atoms with E-state index in [1.807, 2.05) is 0 Å². The van der Waals surface area contributed by atoms with Gasteiger partial charge < -0.3 is 19.0 Å². The molecule has 0 aliphatic carbocycles. The fourth-order valence-corrected chi connectivity index (χ4v) is 4.75. The predicted octanol–water partition coefficient (Wildman–Crippen LogP) is 2.80. The summed E-state index contributed by atoms with van der Waals surface area (Å²) in [6.45, 7) is 11.2. The zero-order valence-corrected chi connectivity index (χ0v) is 13.5. The van der Waals surface area contributed by atoms with Crippen LogP contribution in [-0.2, 0) is 13.3 Å². The highest BCUT2D eigenvalue weighted by Gasteiger charge is 2.42. The standard InChI is InChI=1S/C13H31NO3Si/c1-5-8-15-18(16-9-6-2,17-10-7-3)12-13(4)11-14/h13H,5-12,14H2,1-4H3. The molecule has 0 aliphatic rings. The van der Waals surface area contributed by atoms with Crippen molar-refractivity contribution in [1.82, 2.24) is 0 Å². The van der Waals surface area contributed by atoms with Crippen LogP contribution in [0.1, 0.15) is 47.0 Å². The lowest BCUT2D eigenvalue weighted by atomic mass is 10.2. The summed E-state index contributed by atoms with van der Waals surface area (Å²) in [4.78, 5) is 0. The molecule has 0 saturated carbocycles. The maximum Gasteiger partial charge on any atom is 0.501 e. The van der Waals surface area contributed by atoms with Gasteiger partial charge in [-0.25, -0.2) is 0 Å². The molecule has 0 bridgehead atoms. The Morgan fingerprint density at radius 2 is 1.28 bits per heavy atom. The first-order chi connectivity index (χ1) is 8.64. The van der Waals surface area contributed by atoms with E-state index in [2.05, 4.69) is 27.7 Å². The molecular weight excluding hydrogens is 246 g/mol. The largest absolute Gasteiger partial charge is 0.501 e. The van der Waals surface area contributed by atoms with Crippen molar-refractivity contribution < 1.29 is 13.3 Å². The minimum absolute atomic E-state index is 0.377. The van der Waals surface area contributed by atoms with Crippen molar-refractivity contribution in [1.29, 1.82) is 0 Å². The second-order valence-corrected chi connectivity index (χ2v) is 7.41. The van der Waals surface area contributed by atoms with Gasteiger partial charge in [0.2, 0.25) is 0 Å². The van der Waals surface area contributed by atoms with E-state index in [0.717, 1.165) is 25.3 Å². The maximum absolute atomic E-state index is 5.99. The quantitative estimate of drug-likeness (QED) is 0.557. The molecule has 1 unspecified atom stereocenters. The van der Waals surface area contributed by atoms with Gasteiger partial charge in [-0.15, -0.1) is 0 Å².